The molecule has 142 valence electrons. The highest BCUT2D eigenvalue weighted by atomic mass is 16.3. The summed E-state index contributed by atoms with van der Waals surface area (Å²) in [7, 11) is 1.61. The topological polar surface area (TPSA) is 77.9 Å². The summed E-state index contributed by atoms with van der Waals surface area (Å²) in [6.45, 7) is 5.41. The van der Waals surface area contributed by atoms with Crippen molar-refractivity contribution in [2.24, 2.45) is 17.8 Å². The lowest BCUT2D eigenvalue weighted by Gasteiger charge is -2.40. The van der Waals surface area contributed by atoms with Crippen LogP contribution < -0.4 is 0 Å². The van der Waals surface area contributed by atoms with Gasteiger partial charge in [-0.1, -0.05) is 37.8 Å². The van der Waals surface area contributed by atoms with E-state index in [2.05, 4.69) is 11.8 Å². The van der Waals surface area contributed by atoms with Crippen molar-refractivity contribution in [3.05, 3.63) is 29.8 Å². The number of phenols is 1. The van der Waals surface area contributed by atoms with Crippen molar-refractivity contribution in [1.82, 2.24) is 9.80 Å². The summed E-state index contributed by atoms with van der Waals surface area (Å²) in [6.07, 6.45) is 0.725. The Morgan fingerprint density at radius 1 is 1.30 bits per heavy atom. The monoisotopic (exact) mass is 368 g/mol. The van der Waals surface area contributed by atoms with E-state index in [9.17, 15) is 19.5 Å². The van der Waals surface area contributed by atoms with Crippen LogP contribution in [0.2, 0.25) is 0 Å². The number of ketones is 1. The molecule has 0 saturated carbocycles. The predicted octanol–water partition coefficient (Wildman–Crippen LogP) is 2.52. The molecule has 0 radical (unpaired) electrons. The molecule has 3 rings (SSSR count). The molecule has 1 N–H and O–H groups in total. The number of nitrogens with zero attached hydrogens (tertiary/aromatic N) is 2. The summed E-state index contributed by atoms with van der Waals surface area (Å²) >= 11 is 0. The summed E-state index contributed by atoms with van der Waals surface area (Å²) in [6, 6.07) is 5.42. The third kappa shape index (κ3) is 3.08. The van der Waals surface area contributed by atoms with E-state index in [0.29, 0.717) is 0 Å². The third-order valence-electron chi connectivity index (χ3n) is 5.85. The molecule has 6 nitrogen and oxygen atoms in total. The van der Waals surface area contributed by atoms with Crippen LogP contribution in [0, 0.1) is 29.6 Å². The summed E-state index contributed by atoms with van der Waals surface area (Å²) < 4.78 is 0. The highest BCUT2D eigenvalue weighted by Gasteiger charge is 2.58. The number of Topliss-reactive ketones (excluding diaryl/α,β-unsaturated/α-hetero) is 1. The number of rotatable bonds is 4. The van der Waals surface area contributed by atoms with Gasteiger partial charge in [0.25, 0.3) is 5.91 Å². The first-order valence-electron chi connectivity index (χ1n) is 9.09. The molecule has 0 aromatic heterocycles. The van der Waals surface area contributed by atoms with Gasteiger partial charge >= 0.3 is 6.03 Å². The highest BCUT2D eigenvalue weighted by Crippen LogP contribution is 2.41. The minimum atomic E-state index is -1.03. The van der Waals surface area contributed by atoms with Crippen molar-refractivity contribution < 1.29 is 19.5 Å². The van der Waals surface area contributed by atoms with Gasteiger partial charge in [0.2, 0.25) is 0 Å². The molecular weight excluding hydrogens is 344 g/mol. The number of imide groups is 1. The van der Waals surface area contributed by atoms with Gasteiger partial charge in [0.05, 0.1) is 6.54 Å². The van der Waals surface area contributed by atoms with Crippen molar-refractivity contribution in [2.75, 3.05) is 13.6 Å². The largest absolute Gasteiger partial charge is 0.508 e. The smallest absolute Gasteiger partial charge is 0.327 e. The number of amides is 3. The van der Waals surface area contributed by atoms with Crippen LogP contribution in [0.15, 0.2) is 24.3 Å². The molecule has 1 aromatic rings. The van der Waals surface area contributed by atoms with Crippen LogP contribution in [0.1, 0.15) is 37.6 Å². The Morgan fingerprint density at radius 2 is 2.00 bits per heavy atom. The van der Waals surface area contributed by atoms with E-state index < -0.39 is 17.4 Å². The molecule has 1 heterocycles. The Morgan fingerprint density at radius 3 is 2.67 bits per heavy atom. The maximum absolute atomic E-state index is 13.2. The van der Waals surface area contributed by atoms with E-state index in [4.69, 9.17) is 0 Å². The molecule has 1 aromatic carbocycles. The molecule has 3 amide bonds. The number of carbonyl (C=O) groups is 3. The second-order valence-electron chi connectivity index (χ2n) is 7.67. The number of urea groups is 1. The number of hydrogen-bond donors (Lipinski definition) is 1. The van der Waals surface area contributed by atoms with Crippen molar-refractivity contribution in [3.63, 3.8) is 0 Å². The van der Waals surface area contributed by atoms with E-state index >= 15 is 0 Å². The second-order valence-corrected chi connectivity index (χ2v) is 7.67. The quantitative estimate of drug-likeness (QED) is 0.503. The van der Waals surface area contributed by atoms with Gasteiger partial charge in [0, 0.05) is 30.4 Å². The van der Waals surface area contributed by atoms with E-state index in [0.717, 1.165) is 11.3 Å². The van der Waals surface area contributed by atoms with Gasteiger partial charge in [-0.15, -0.1) is 0 Å². The Bertz CT molecular complexity index is 868. The minimum absolute atomic E-state index is 0.0212. The van der Waals surface area contributed by atoms with Crippen molar-refractivity contribution in [2.45, 2.75) is 32.7 Å². The van der Waals surface area contributed by atoms with E-state index in [-0.39, 0.29) is 41.5 Å². The van der Waals surface area contributed by atoms with Gasteiger partial charge in [0.15, 0.2) is 5.78 Å². The van der Waals surface area contributed by atoms with Crippen LogP contribution in [0.4, 0.5) is 4.79 Å². The lowest BCUT2D eigenvalue weighted by molar-refractivity contribution is -0.135. The minimum Gasteiger partial charge on any atom is -0.508 e. The van der Waals surface area contributed by atoms with Crippen LogP contribution >= 0.6 is 0 Å². The van der Waals surface area contributed by atoms with E-state index in [1.165, 1.54) is 17.0 Å². The molecular formula is C21H24N2O4. The summed E-state index contributed by atoms with van der Waals surface area (Å²) in [5.74, 6) is 5.57. The molecule has 1 aliphatic carbocycles. The van der Waals surface area contributed by atoms with Crippen molar-refractivity contribution in [1.29, 1.82) is 0 Å². The Kier molecular flexibility index (Phi) is 4.73. The first-order valence-corrected chi connectivity index (χ1v) is 9.09. The summed E-state index contributed by atoms with van der Waals surface area (Å²) in [5, 5.41) is 9.56. The number of carbonyl (C=O) groups excluding carboxylic acids is 3. The first-order chi connectivity index (χ1) is 12.7. The maximum Gasteiger partial charge on any atom is 0.327 e. The van der Waals surface area contributed by atoms with Gasteiger partial charge in [-0.05, 0) is 25.5 Å². The molecule has 1 saturated heterocycles. The maximum atomic E-state index is 13.2. The molecule has 27 heavy (non-hydrogen) atoms. The lowest BCUT2D eigenvalue weighted by Crippen LogP contribution is -2.54. The number of benzene rings is 1. The fourth-order valence-corrected chi connectivity index (χ4v) is 4.08. The van der Waals surface area contributed by atoms with Crippen LogP contribution in [-0.4, -0.2) is 51.8 Å². The van der Waals surface area contributed by atoms with Gasteiger partial charge in [-0.25, -0.2) is 4.79 Å². The predicted molar refractivity (Wildman–Crippen MR) is 99.9 cm³/mol. The molecule has 1 aliphatic heterocycles. The second kappa shape index (κ2) is 6.73. The SMILES string of the molecule is C[C@@H]1C#C[C@H](C)C(C2(C)C(=O)N(CC(=O)c3cccc(O)c3)C(=O)N2C)C1. The average Bonchev–Trinajstić information content (AvgIpc) is 2.79. The fourth-order valence-electron chi connectivity index (χ4n) is 4.08. The Balaban J connectivity index is 1.87. The molecule has 0 bridgehead atoms. The van der Waals surface area contributed by atoms with E-state index in [1.54, 1.807) is 26.1 Å². The van der Waals surface area contributed by atoms with Crippen LogP contribution in [-0.2, 0) is 4.79 Å². The Hall–Kier alpha value is -2.81. The third-order valence-corrected chi connectivity index (χ3v) is 5.85. The molecule has 6 heteroatoms. The zero-order valence-corrected chi connectivity index (χ0v) is 16.0. The van der Waals surface area contributed by atoms with Gasteiger partial charge < -0.3 is 10.0 Å². The van der Waals surface area contributed by atoms with E-state index in [1.807, 2.05) is 13.8 Å². The number of hydrogen-bond acceptors (Lipinski definition) is 4. The fraction of sp³-hybridized carbons (Fsp3) is 0.476. The average molecular weight is 368 g/mol. The van der Waals surface area contributed by atoms with Crippen molar-refractivity contribution >= 4 is 17.7 Å². The zero-order valence-electron chi connectivity index (χ0n) is 16.0. The van der Waals surface area contributed by atoms with Crippen LogP contribution in [0.5, 0.6) is 5.75 Å². The molecule has 0 spiro atoms. The zero-order chi connectivity index (χ0) is 19.9. The van der Waals surface area contributed by atoms with Gasteiger partial charge in [0.1, 0.15) is 11.3 Å². The highest BCUT2D eigenvalue weighted by molar-refractivity contribution is 6.11. The van der Waals surface area contributed by atoms with Gasteiger partial charge in [-0.2, -0.15) is 0 Å². The van der Waals surface area contributed by atoms with Gasteiger partial charge in [-0.3, -0.25) is 14.5 Å². The number of aromatic hydroxyl groups is 1. The Labute approximate surface area is 159 Å². The summed E-state index contributed by atoms with van der Waals surface area (Å²) in [4.78, 5) is 41.1. The lowest BCUT2D eigenvalue weighted by atomic mass is 9.70. The number of likely N-dealkylation sites (N-methyl/N-ethyl adjacent to an activating group) is 1. The molecule has 2 unspecified atom stereocenters. The van der Waals surface area contributed by atoms with Crippen molar-refractivity contribution in [3.8, 4) is 17.6 Å². The normalized spacial score (nSPS) is 30.3. The summed E-state index contributed by atoms with van der Waals surface area (Å²) in [5.41, 5.74) is -0.767. The first kappa shape index (κ1) is 19.0. The van der Waals surface area contributed by atoms with Crippen LogP contribution in [0.3, 0.4) is 0 Å². The van der Waals surface area contributed by atoms with Crippen LogP contribution in [0.25, 0.3) is 0 Å². The molecule has 2 aliphatic rings. The molecule has 4 atom stereocenters. The molecule has 1 fully saturated rings. The number of phenolic OH excluding ortho intramolecular Hbond substituents is 1. The standard InChI is InChI=1S/C21H24N2O4/c1-13-8-9-14(2)17(10-13)21(3)19(26)23(20(27)22(21)4)12-18(25)15-6-5-7-16(24)11-15/h5-7,11,13-14,17,24H,10,12H2,1-4H3/t13-,14+,17?,21?/m1/s1.